The molecule has 0 bridgehead atoms. The van der Waals surface area contributed by atoms with Gasteiger partial charge in [-0.05, 0) is 38.1 Å². The minimum Gasteiger partial charge on any atom is -0.349 e. The summed E-state index contributed by atoms with van der Waals surface area (Å²) in [5.74, 6) is -0.429. The van der Waals surface area contributed by atoms with Gasteiger partial charge >= 0.3 is 0 Å². The smallest absolute Gasteiger partial charge is 0.253 e. The predicted molar refractivity (Wildman–Crippen MR) is 97.5 cm³/mol. The fourth-order valence-electron chi connectivity index (χ4n) is 2.95. The van der Waals surface area contributed by atoms with Crippen LogP contribution in [0.4, 0.5) is 5.69 Å². The molecule has 24 heavy (non-hydrogen) atoms. The molecule has 1 aromatic rings. The Morgan fingerprint density at radius 3 is 2.62 bits per heavy atom. The van der Waals surface area contributed by atoms with Crippen molar-refractivity contribution in [3.63, 3.8) is 0 Å². The molecule has 1 aliphatic rings. The second kappa shape index (κ2) is 9.04. The fourth-order valence-corrected chi connectivity index (χ4v) is 3.15. The molecule has 0 saturated heterocycles. The highest BCUT2D eigenvalue weighted by atomic mass is 35.5. The predicted octanol–water partition coefficient (Wildman–Crippen LogP) is 3.20. The molecule has 0 heterocycles. The number of halogens is 1. The van der Waals surface area contributed by atoms with Crippen LogP contribution < -0.4 is 16.0 Å². The molecule has 6 heteroatoms. The summed E-state index contributed by atoms with van der Waals surface area (Å²) in [7, 11) is 1.81. The molecule has 132 valence electrons. The molecule has 5 nitrogen and oxygen atoms in total. The number of amides is 2. The molecule has 0 spiro atoms. The molecule has 3 N–H and O–H groups in total. The molecule has 0 aromatic heterocycles. The van der Waals surface area contributed by atoms with Gasteiger partial charge in [0.15, 0.2) is 0 Å². The first-order chi connectivity index (χ1) is 11.5. The van der Waals surface area contributed by atoms with Gasteiger partial charge in [0.05, 0.1) is 10.6 Å². The fraction of sp³-hybridized carbons (Fsp3) is 0.556. The Morgan fingerprint density at radius 2 is 1.96 bits per heavy atom. The highest BCUT2D eigenvalue weighted by molar-refractivity contribution is 6.34. The first-order valence-electron chi connectivity index (χ1n) is 8.57. The summed E-state index contributed by atoms with van der Waals surface area (Å²) in [6, 6.07) is 5.22. The van der Waals surface area contributed by atoms with E-state index in [0.717, 1.165) is 25.7 Å². The Balaban J connectivity index is 2.04. The van der Waals surface area contributed by atoms with E-state index in [1.54, 1.807) is 25.2 Å². The van der Waals surface area contributed by atoms with Crippen LogP contribution in [0.15, 0.2) is 18.2 Å². The summed E-state index contributed by atoms with van der Waals surface area (Å²) < 4.78 is 0. The van der Waals surface area contributed by atoms with Crippen LogP contribution in [0.2, 0.25) is 5.02 Å². The van der Waals surface area contributed by atoms with E-state index in [2.05, 4.69) is 16.0 Å². The van der Waals surface area contributed by atoms with Crippen LogP contribution in [0.5, 0.6) is 0 Å². The summed E-state index contributed by atoms with van der Waals surface area (Å²) in [4.78, 5) is 24.6. The van der Waals surface area contributed by atoms with Gasteiger partial charge in [0.25, 0.3) is 5.91 Å². The lowest BCUT2D eigenvalue weighted by molar-refractivity contribution is -0.119. The van der Waals surface area contributed by atoms with Gasteiger partial charge in [-0.3, -0.25) is 9.59 Å². The van der Waals surface area contributed by atoms with Gasteiger partial charge in [-0.25, -0.2) is 0 Å². The minimum absolute atomic E-state index is 0.0923. The SMILES string of the molecule is CNCC(C)C(=O)Nc1ccc(Cl)c(C(=O)NC2CCCCC2)c1. The van der Waals surface area contributed by atoms with E-state index in [4.69, 9.17) is 11.6 Å². The van der Waals surface area contributed by atoms with Crippen LogP contribution in [0.25, 0.3) is 0 Å². The third kappa shape index (κ3) is 5.21. The zero-order valence-electron chi connectivity index (χ0n) is 14.3. The Kier molecular flexibility index (Phi) is 7.06. The Hall–Kier alpha value is -1.59. The van der Waals surface area contributed by atoms with Crippen LogP contribution in [0.3, 0.4) is 0 Å². The summed E-state index contributed by atoms with van der Waals surface area (Å²) >= 11 is 6.17. The van der Waals surface area contributed by atoms with E-state index in [0.29, 0.717) is 22.8 Å². The molecular weight excluding hydrogens is 326 g/mol. The lowest BCUT2D eigenvalue weighted by Gasteiger charge is -2.23. The maximum atomic E-state index is 12.5. The first kappa shape index (κ1) is 18.7. The summed E-state index contributed by atoms with van der Waals surface area (Å²) in [5.41, 5.74) is 0.988. The van der Waals surface area contributed by atoms with Crippen LogP contribution in [0.1, 0.15) is 49.4 Å². The molecule has 2 rings (SSSR count). The molecule has 0 aliphatic heterocycles. The number of nitrogens with one attached hydrogen (secondary N) is 3. The van der Waals surface area contributed by atoms with Crippen LogP contribution in [0, 0.1) is 5.92 Å². The number of hydrogen-bond acceptors (Lipinski definition) is 3. The maximum absolute atomic E-state index is 12.5. The van der Waals surface area contributed by atoms with E-state index in [1.165, 1.54) is 6.42 Å². The number of benzene rings is 1. The molecular formula is C18H26ClN3O2. The van der Waals surface area contributed by atoms with Gasteiger partial charge in [0, 0.05) is 24.2 Å². The molecule has 1 aliphatic carbocycles. The van der Waals surface area contributed by atoms with Gasteiger partial charge in [0.2, 0.25) is 5.91 Å². The largest absolute Gasteiger partial charge is 0.349 e. The molecule has 1 atom stereocenters. The zero-order chi connectivity index (χ0) is 17.5. The van der Waals surface area contributed by atoms with Crippen LogP contribution in [-0.4, -0.2) is 31.4 Å². The third-order valence-corrected chi connectivity index (χ3v) is 4.71. The molecule has 1 saturated carbocycles. The van der Waals surface area contributed by atoms with Gasteiger partial charge in [-0.2, -0.15) is 0 Å². The standard InChI is InChI=1S/C18H26ClN3O2/c1-12(11-20-2)17(23)22-14-8-9-16(19)15(10-14)18(24)21-13-6-4-3-5-7-13/h8-10,12-13,20H,3-7,11H2,1-2H3,(H,21,24)(H,22,23). The second-order valence-electron chi connectivity index (χ2n) is 6.45. The average Bonchev–Trinajstić information content (AvgIpc) is 2.57. The first-order valence-corrected chi connectivity index (χ1v) is 8.95. The van der Waals surface area contributed by atoms with Gasteiger partial charge in [0.1, 0.15) is 0 Å². The van der Waals surface area contributed by atoms with E-state index < -0.39 is 0 Å². The molecule has 1 aromatic carbocycles. The van der Waals surface area contributed by atoms with Crippen molar-refractivity contribution in [2.75, 3.05) is 18.9 Å². The highest BCUT2D eigenvalue weighted by Crippen LogP contribution is 2.23. The third-order valence-electron chi connectivity index (χ3n) is 4.38. The van der Waals surface area contributed by atoms with Crippen molar-refractivity contribution in [2.24, 2.45) is 5.92 Å². The summed E-state index contributed by atoms with van der Waals surface area (Å²) in [6.45, 7) is 2.44. The Morgan fingerprint density at radius 1 is 1.25 bits per heavy atom. The Bertz CT molecular complexity index is 586. The van der Waals surface area contributed by atoms with Crippen molar-refractivity contribution in [1.29, 1.82) is 0 Å². The van der Waals surface area contributed by atoms with Crippen molar-refractivity contribution in [1.82, 2.24) is 10.6 Å². The second-order valence-corrected chi connectivity index (χ2v) is 6.86. The number of carbonyl (C=O) groups is 2. The zero-order valence-corrected chi connectivity index (χ0v) is 15.1. The number of rotatable bonds is 6. The van der Waals surface area contributed by atoms with Crippen molar-refractivity contribution in [3.8, 4) is 0 Å². The van der Waals surface area contributed by atoms with E-state index in [-0.39, 0.29) is 23.8 Å². The molecule has 2 amide bonds. The quantitative estimate of drug-likeness (QED) is 0.737. The average molecular weight is 352 g/mol. The highest BCUT2D eigenvalue weighted by Gasteiger charge is 2.19. The topological polar surface area (TPSA) is 70.2 Å². The van der Waals surface area contributed by atoms with E-state index in [1.807, 2.05) is 6.92 Å². The van der Waals surface area contributed by atoms with Crippen molar-refractivity contribution in [3.05, 3.63) is 28.8 Å². The molecule has 1 fully saturated rings. The lowest BCUT2D eigenvalue weighted by Crippen LogP contribution is -2.36. The van der Waals surface area contributed by atoms with Crippen molar-refractivity contribution in [2.45, 2.75) is 45.1 Å². The number of carbonyl (C=O) groups excluding carboxylic acids is 2. The summed E-state index contributed by atoms with van der Waals surface area (Å²) in [5, 5.41) is 9.25. The normalized spacial score (nSPS) is 16.5. The molecule has 0 radical (unpaired) electrons. The van der Waals surface area contributed by atoms with Gasteiger partial charge < -0.3 is 16.0 Å². The van der Waals surface area contributed by atoms with Crippen molar-refractivity contribution < 1.29 is 9.59 Å². The van der Waals surface area contributed by atoms with Gasteiger partial charge in [-0.15, -0.1) is 0 Å². The Labute approximate surface area is 148 Å². The van der Waals surface area contributed by atoms with E-state index in [9.17, 15) is 9.59 Å². The summed E-state index contributed by atoms with van der Waals surface area (Å²) in [6.07, 6.45) is 5.57. The number of hydrogen-bond donors (Lipinski definition) is 3. The monoisotopic (exact) mass is 351 g/mol. The maximum Gasteiger partial charge on any atom is 0.253 e. The minimum atomic E-state index is -0.175. The van der Waals surface area contributed by atoms with Gasteiger partial charge in [-0.1, -0.05) is 37.8 Å². The molecule has 1 unspecified atom stereocenters. The lowest BCUT2D eigenvalue weighted by atomic mass is 9.95. The van der Waals surface area contributed by atoms with E-state index >= 15 is 0 Å². The van der Waals surface area contributed by atoms with Crippen LogP contribution in [-0.2, 0) is 4.79 Å². The van der Waals surface area contributed by atoms with Crippen molar-refractivity contribution >= 4 is 29.1 Å². The van der Waals surface area contributed by atoms with Crippen LogP contribution >= 0.6 is 11.6 Å². The number of anilines is 1.